The Hall–Kier alpha value is -0.340. The van der Waals surface area contributed by atoms with Gasteiger partial charge in [-0.3, -0.25) is 0 Å². The Kier molecular flexibility index (Phi) is 6.37. The van der Waals surface area contributed by atoms with E-state index in [-0.39, 0.29) is 0 Å². The summed E-state index contributed by atoms with van der Waals surface area (Å²) < 4.78 is 1.24. The molecule has 1 aromatic rings. The van der Waals surface area contributed by atoms with Gasteiger partial charge in [0.05, 0.1) is 0 Å². The molecule has 1 aromatic carbocycles. The zero-order valence-electron chi connectivity index (χ0n) is 12.1. The lowest BCUT2D eigenvalue weighted by Crippen LogP contribution is -2.22. The van der Waals surface area contributed by atoms with Gasteiger partial charge >= 0.3 is 0 Å². The molecule has 1 nitrogen and oxygen atoms in total. The molecular formula is C16H26BrN. The average Bonchev–Trinajstić information content (AvgIpc) is 2.28. The van der Waals surface area contributed by atoms with Crippen molar-refractivity contribution in [2.45, 2.75) is 40.0 Å². The summed E-state index contributed by atoms with van der Waals surface area (Å²) in [5, 5.41) is 3.33. The molecule has 0 radical (unpaired) electrons. The van der Waals surface area contributed by atoms with Gasteiger partial charge in [0.1, 0.15) is 0 Å². The van der Waals surface area contributed by atoms with Gasteiger partial charge < -0.3 is 5.32 Å². The minimum absolute atomic E-state index is 0.430. The van der Waals surface area contributed by atoms with E-state index in [1.807, 2.05) is 7.05 Å². The maximum Gasteiger partial charge on any atom is 0.0207 e. The molecule has 0 heterocycles. The predicted octanol–water partition coefficient (Wildman–Crippen LogP) is 4.65. The maximum atomic E-state index is 3.65. The highest BCUT2D eigenvalue weighted by Gasteiger charge is 2.16. The zero-order valence-corrected chi connectivity index (χ0v) is 13.7. The van der Waals surface area contributed by atoms with Crippen LogP contribution < -0.4 is 5.32 Å². The lowest BCUT2D eigenvalue weighted by molar-refractivity contribution is 0.316. The largest absolute Gasteiger partial charge is 0.319 e. The number of nitrogens with one attached hydrogen (secondary N) is 1. The van der Waals surface area contributed by atoms with Gasteiger partial charge in [-0.1, -0.05) is 54.9 Å². The third kappa shape index (κ3) is 6.01. The van der Waals surface area contributed by atoms with Crippen molar-refractivity contribution in [1.29, 1.82) is 0 Å². The Morgan fingerprint density at radius 3 is 2.44 bits per heavy atom. The van der Waals surface area contributed by atoms with Crippen LogP contribution in [0.3, 0.4) is 0 Å². The molecule has 0 spiro atoms. The van der Waals surface area contributed by atoms with Crippen molar-refractivity contribution in [2.75, 3.05) is 13.6 Å². The van der Waals surface area contributed by atoms with Crippen LogP contribution in [0.25, 0.3) is 0 Å². The summed E-state index contributed by atoms with van der Waals surface area (Å²) in [6.45, 7) is 8.06. The molecule has 0 aliphatic carbocycles. The molecule has 0 aliphatic rings. The van der Waals surface area contributed by atoms with Crippen LogP contribution in [0.15, 0.2) is 28.7 Å². The van der Waals surface area contributed by atoms with Crippen LogP contribution in [0.1, 0.15) is 39.2 Å². The fourth-order valence-corrected chi connectivity index (χ4v) is 2.62. The topological polar surface area (TPSA) is 12.0 Å². The molecule has 0 saturated heterocycles. The third-order valence-electron chi connectivity index (χ3n) is 3.26. The first-order valence-corrected chi connectivity index (χ1v) is 7.59. The van der Waals surface area contributed by atoms with E-state index in [1.54, 1.807) is 0 Å². The standard InChI is InChI=1S/C16H26BrN/c1-16(2,3)10-9-13(12-18-4)11-14-7-5-6-8-15(14)17/h5-8,13,18H,9-12H2,1-4H3. The molecule has 0 saturated carbocycles. The fraction of sp³-hybridized carbons (Fsp3) is 0.625. The van der Waals surface area contributed by atoms with Crippen LogP contribution >= 0.6 is 15.9 Å². The van der Waals surface area contributed by atoms with E-state index in [0.29, 0.717) is 11.3 Å². The van der Waals surface area contributed by atoms with Gasteiger partial charge in [0, 0.05) is 4.47 Å². The Labute approximate surface area is 120 Å². The van der Waals surface area contributed by atoms with Gasteiger partial charge in [-0.25, -0.2) is 0 Å². The number of hydrogen-bond acceptors (Lipinski definition) is 1. The highest BCUT2D eigenvalue weighted by atomic mass is 79.9. The third-order valence-corrected chi connectivity index (χ3v) is 4.04. The average molecular weight is 312 g/mol. The van der Waals surface area contributed by atoms with Gasteiger partial charge in [-0.05, 0) is 55.8 Å². The molecule has 0 aliphatic heterocycles. The van der Waals surface area contributed by atoms with Crippen LogP contribution in [0, 0.1) is 11.3 Å². The van der Waals surface area contributed by atoms with E-state index in [9.17, 15) is 0 Å². The highest BCUT2D eigenvalue weighted by molar-refractivity contribution is 9.10. The summed E-state index contributed by atoms with van der Waals surface area (Å²) in [5.41, 5.74) is 1.85. The van der Waals surface area contributed by atoms with Crippen molar-refractivity contribution < 1.29 is 0 Å². The smallest absolute Gasteiger partial charge is 0.0207 e. The van der Waals surface area contributed by atoms with E-state index < -0.39 is 0 Å². The lowest BCUT2D eigenvalue weighted by Gasteiger charge is -2.23. The highest BCUT2D eigenvalue weighted by Crippen LogP contribution is 2.27. The van der Waals surface area contributed by atoms with Crippen molar-refractivity contribution in [3.8, 4) is 0 Å². The predicted molar refractivity (Wildman–Crippen MR) is 84.0 cm³/mol. The van der Waals surface area contributed by atoms with Crippen LogP contribution in [-0.2, 0) is 6.42 Å². The summed E-state index contributed by atoms with van der Waals surface area (Å²) in [7, 11) is 2.05. The van der Waals surface area contributed by atoms with Crippen molar-refractivity contribution in [2.24, 2.45) is 11.3 Å². The molecule has 1 unspecified atom stereocenters. The Morgan fingerprint density at radius 2 is 1.89 bits per heavy atom. The second kappa shape index (κ2) is 7.30. The van der Waals surface area contributed by atoms with Crippen molar-refractivity contribution >= 4 is 15.9 Å². The molecule has 0 aromatic heterocycles. The second-order valence-electron chi connectivity index (χ2n) is 6.32. The minimum Gasteiger partial charge on any atom is -0.319 e. The van der Waals surface area contributed by atoms with Crippen LogP contribution in [-0.4, -0.2) is 13.6 Å². The second-order valence-corrected chi connectivity index (χ2v) is 7.17. The van der Waals surface area contributed by atoms with Gasteiger partial charge in [-0.15, -0.1) is 0 Å². The van der Waals surface area contributed by atoms with Gasteiger partial charge in [0.2, 0.25) is 0 Å². The molecule has 0 fully saturated rings. The van der Waals surface area contributed by atoms with Crippen LogP contribution in [0.5, 0.6) is 0 Å². The SMILES string of the molecule is CNCC(CCC(C)(C)C)Cc1ccccc1Br. The van der Waals surface area contributed by atoms with E-state index in [4.69, 9.17) is 0 Å². The minimum atomic E-state index is 0.430. The first kappa shape index (κ1) is 15.7. The summed E-state index contributed by atoms with van der Waals surface area (Å²) in [6.07, 6.45) is 3.72. The Balaban J connectivity index is 2.60. The number of hydrogen-bond donors (Lipinski definition) is 1. The van der Waals surface area contributed by atoms with Crippen molar-refractivity contribution in [3.05, 3.63) is 34.3 Å². The summed E-state index contributed by atoms with van der Waals surface area (Å²) >= 11 is 3.65. The summed E-state index contributed by atoms with van der Waals surface area (Å²) in [6, 6.07) is 8.56. The molecule has 0 bridgehead atoms. The van der Waals surface area contributed by atoms with Crippen molar-refractivity contribution in [1.82, 2.24) is 5.32 Å². The Bertz CT molecular complexity index is 354. The first-order chi connectivity index (χ1) is 8.42. The molecule has 1 N–H and O–H groups in total. The first-order valence-electron chi connectivity index (χ1n) is 6.80. The molecule has 102 valence electrons. The van der Waals surface area contributed by atoms with Gasteiger partial charge in [0.25, 0.3) is 0 Å². The van der Waals surface area contributed by atoms with Gasteiger partial charge in [0.15, 0.2) is 0 Å². The normalized spacial score (nSPS) is 13.6. The monoisotopic (exact) mass is 311 g/mol. The van der Waals surface area contributed by atoms with Crippen molar-refractivity contribution in [3.63, 3.8) is 0 Å². The molecule has 18 heavy (non-hydrogen) atoms. The summed E-state index contributed by atoms with van der Waals surface area (Å²) in [5.74, 6) is 0.716. The number of rotatable bonds is 6. The molecule has 1 atom stereocenters. The van der Waals surface area contributed by atoms with Crippen LogP contribution in [0.2, 0.25) is 0 Å². The fourth-order valence-electron chi connectivity index (χ4n) is 2.18. The van der Waals surface area contributed by atoms with E-state index in [1.165, 1.54) is 22.9 Å². The van der Waals surface area contributed by atoms with E-state index >= 15 is 0 Å². The molecule has 1 rings (SSSR count). The molecular weight excluding hydrogens is 286 g/mol. The zero-order chi connectivity index (χ0) is 13.6. The van der Waals surface area contributed by atoms with Gasteiger partial charge in [-0.2, -0.15) is 0 Å². The Morgan fingerprint density at radius 1 is 1.22 bits per heavy atom. The quantitative estimate of drug-likeness (QED) is 0.806. The summed E-state index contributed by atoms with van der Waals surface area (Å²) in [4.78, 5) is 0. The van der Waals surface area contributed by atoms with E-state index in [2.05, 4.69) is 66.3 Å². The molecule has 0 amide bonds. The van der Waals surface area contributed by atoms with E-state index in [0.717, 1.165) is 13.0 Å². The lowest BCUT2D eigenvalue weighted by atomic mass is 9.84. The number of halogens is 1. The maximum absolute atomic E-state index is 3.65. The number of benzene rings is 1. The van der Waals surface area contributed by atoms with Crippen LogP contribution in [0.4, 0.5) is 0 Å². The molecule has 2 heteroatoms.